The molecule has 0 spiro atoms. The molecule has 0 bridgehead atoms. The largest absolute Gasteiger partial charge is 0 e. The van der Waals surface area contributed by atoms with Gasteiger partial charge in [0, 0.05) is 26.2 Å². The molecule has 1 radical (unpaired) electrons. The molecular formula is C9F7O5Re-. The number of halogens is 7. The van der Waals surface area contributed by atoms with Gasteiger partial charge in [-0.1, -0.05) is 0 Å². The topological polar surface area (TPSA) is 99.5 Å². The van der Waals surface area contributed by atoms with Gasteiger partial charge in [0.1, 0.15) is 0 Å². The van der Waals surface area contributed by atoms with Crippen LogP contribution in [0.15, 0.2) is 5.83 Å². The van der Waals surface area contributed by atoms with Crippen LogP contribution in [0.5, 0.6) is 0 Å². The Morgan fingerprint density at radius 1 is 0.636 bits per heavy atom. The van der Waals surface area contributed by atoms with Crippen molar-refractivity contribution in [1.29, 1.82) is 0 Å². The van der Waals surface area contributed by atoms with Crippen LogP contribution in [0.25, 0.3) is 0 Å². The molecule has 13 heteroatoms. The molecule has 0 aliphatic heterocycles. The van der Waals surface area contributed by atoms with E-state index in [4.69, 9.17) is 23.3 Å². The predicted octanol–water partition coefficient (Wildman–Crippen LogP) is 2.58. The maximum atomic E-state index is 11.4. The first-order valence-corrected chi connectivity index (χ1v) is 3.09. The summed E-state index contributed by atoms with van der Waals surface area (Å²) in [7, 11) is 0. The molecule has 0 amide bonds. The van der Waals surface area contributed by atoms with Crippen LogP contribution < -0.4 is 0 Å². The minimum absolute atomic E-state index is 0. The summed E-state index contributed by atoms with van der Waals surface area (Å²) in [4.78, 5) is 0. The van der Waals surface area contributed by atoms with E-state index in [1.54, 1.807) is 0 Å². The van der Waals surface area contributed by atoms with Crippen molar-refractivity contribution in [2.45, 2.75) is 12.4 Å². The second-order valence-corrected chi connectivity index (χ2v) is 1.43. The first-order valence-electron chi connectivity index (χ1n) is 3.09. The van der Waals surface area contributed by atoms with Crippen molar-refractivity contribution >= 4 is 0 Å². The van der Waals surface area contributed by atoms with Crippen LogP contribution in [0.4, 0.5) is 30.7 Å². The third-order valence-corrected chi connectivity index (χ3v) is 0.500. The molecule has 0 aliphatic carbocycles. The molecule has 123 valence electrons. The smallest absolute Gasteiger partial charge is 0 e. The van der Waals surface area contributed by atoms with Gasteiger partial charge in [-0.2, -0.15) is 13.2 Å². The first-order chi connectivity index (χ1) is 9.63. The Morgan fingerprint density at radius 2 is 0.818 bits per heavy atom. The molecule has 0 atom stereocenters. The Hall–Kier alpha value is -1.39. The van der Waals surface area contributed by atoms with Crippen molar-refractivity contribution in [2.75, 3.05) is 0 Å². The summed E-state index contributed by atoms with van der Waals surface area (Å²) in [6.07, 6.45) is -11.3. The molecule has 0 saturated carbocycles. The van der Waals surface area contributed by atoms with E-state index >= 15 is 0 Å². The molecule has 0 unspecified atom stereocenters. The number of rotatable bonds is 0. The van der Waals surface area contributed by atoms with E-state index in [-0.39, 0.29) is 26.5 Å². The van der Waals surface area contributed by atoms with Crippen LogP contribution in [0.1, 0.15) is 0 Å². The van der Waals surface area contributed by atoms with Crippen LogP contribution >= 0.6 is 0 Å². The standard InChI is InChI=1S/C4F7.5CO.Re/c5-2(4(9,10)11)1-3(6,7)8;5*1-2;/q-1;;;;;;. The average Bonchev–Trinajstić information content (AvgIpc) is 2.47. The molecule has 0 saturated heterocycles. The van der Waals surface area contributed by atoms with Crippen LogP contribution in [-0.2, 0) is 43.7 Å². The summed E-state index contributed by atoms with van der Waals surface area (Å²) in [5, 5.41) is 0. The van der Waals surface area contributed by atoms with Gasteiger partial charge in [-0.15, -0.1) is 0 Å². The fourth-order valence-corrected chi connectivity index (χ4v) is 0.195. The van der Waals surface area contributed by atoms with E-state index in [2.05, 4.69) is 33.3 Å². The summed E-state index contributed by atoms with van der Waals surface area (Å²) in [5.41, 5.74) is 0. The minimum atomic E-state index is -5.62. The van der Waals surface area contributed by atoms with Gasteiger partial charge in [0.2, 0.25) is 0 Å². The molecule has 0 aromatic heterocycles. The molecule has 0 aliphatic rings. The molecule has 0 aromatic rings. The summed E-state index contributed by atoms with van der Waals surface area (Å²) in [5.74, 6) is -3.27. The van der Waals surface area contributed by atoms with E-state index in [1.807, 2.05) is 0 Å². The third-order valence-electron chi connectivity index (χ3n) is 0.500. The Bertz CT molecular complexity index is 314. The van der Waals surface area contributed by atoms with Gasteiger partial charge in [-0.3, -0.25) is 0 Å². The molecular weight excluding hydrogens is 507 g/mol. The Kier molecular flexibility index (Phi) is 61.9. The number of alkyl halides is 6. The average molecular weight is 507 g/mol. The predicted molar refractivity (Wildman–Crippen MR) is 39.6 cm³/mol. The molecule has 22 heavy (non-hydrogen) atoms. The molecule has 0 fully saturated rings. The molecule has 5 nitrogen and oxygen atoms in total. The maximum Gasteiger partial charge on any atom is 0 e. The Labute approximate surface area is 132 Å². The molecule has 0 aromatic carbocycles. The SMILES string of the molecule is FC(=[C-]C(F)(F)F)C(F)(F)F.[C-]#[O+].[C-]#[O+].[C-]#[O+].[C-]#[O+].[C-]#[O+].[Re]. The van der Waals surface area contributed by atoms with Crippen LogP contribution in [0.2, 0.25) is 0 Å². The Morgan fingerprint density at radius 3 is 0.864 bits per heavy atom. The molecule has 0 rings (SSSR count). The van der Waals surface area contributed by atoms with Crippen LogP contribution in [0.3, 0.4) is 0 Å². The van der Waals surface area contributed by atoms with E-state index in [0.717, 1.165) is 0 Å². The first kappa shape index (κ1) is 42.8. The van der Waals surface area contributed by atoms with Crippen molar-refractivity contribution < 1.29 is 74.4 Å². The van der Waals surface area contributed by atoms with Crippen molar-refractivity contribution in [1.82, 2.24) is 0 Å². The summed E-state index contributed by atoms with van der Waals surface area (Å²) >= 11 is 0. The zero-order valence-electron chi connectivity index (χ0n) is 9.56. The minimum Gasteiger partial charge on any atom is 0 e. The summed E-state index contributed by atoms with van der Waals surface area (Å²) in [6.45, 7) is 22.5. The normalized spacial score (nSPS) is 8.14. The van der Waals surface area contributed by atoms with E-state index in [1.165, 1.54) is 0 Å². The second-order valence-electron chi connectivity index (χ2n) is 1.43. The van der Waals surface area contributed by atoms with Gasteiger partial charge in [-0.25, -0.2) is 17.6 Å². The van der Waals surface area contributed by atoms with Crippen LogP contribution in [-0.4, -0.2) is 12.4 Å². The Balaban J connectivity index is -0.0000000348. The van der Waals surface area contributed by atoms with E-state index in [0.29, 0.717) is 0 Å². The molecule has 0 heterocycles. The van der Waals surface area contributed by atoms with Gasteiger partial charge < -0.3 is 6.08 Å². The summed E-state index contributed by atoms with van der Waals surface area (Å²) < 4.78 is 115. The van der Waals surface area contributed by atoms with Crippen molar-refractivity contribution in [3.05, 3.63) is 45.2 Å². The van der Waals surface area contributed by atoms with Gasteiger partial charge in [0.15, 0.2) is 0 Å². The molecule has 0 N–H and O–H groups in total. The number of hydrogen-bond donors (Lipinski definition) is 0. The second kappa shape index (κ2) is 31.8. The third kappa shape index (κ3) is 62.5. The monoisotopic (exact) mass is 508 g/mol. The number of allylic oxidation sites excluding steroid dienone is 2. The van der Waals surface area contributed by atoms with Crippen molar-refractivity contribution in [2.24, 2.45) is 0 Å². The fourth-order valence-electron chi connectivity index (χ4n) is 0.195. The van der Waals surface area contributed by atoms with E-state index < -0.39 is 18.2 Å². The van der Waals surface area contributed by atoms with Crippen molar-refractivity contribution in [3.63, 3.8) is 0 Å². The zero-order valence-corrected chi connectivity index (χ0v) is 12.3. The van der Waals surface area contributed by atoms with Crippen molar-refractivity contribution in [3.8, 4) is 0 Å². The van der Waals surface area contributed by atoms with Gasteiger partial charge in [0.05, 0.1) is 0 Å². The zero-order chi connectivity index (χ0) is 19.3. The van der Waals surface area contributed by atoms with Gasteiger partial charge >= 0.3 is 62.7 Å². The number of hydrogen-bond acceptors (Lipinski definition) is 0. The summed E-state index contributed by atoms with van der Waals surface area (Å²) in [6, 6.07) is 0. The quantitative estimate of drug-likeness (QED) is 0.274. The maximum absolute atomic E-state index is 11.4. The van der Waals surface area contributed by atoms with E-state index in [9.17, 15) is 30.7 Å². The van der Waals surface area contributed by atoms with Gasteiger partial charge in [0.25, 0.3) is 6.18 Å². The van der Waals surface area contributed by atoms with Gasteiger partial charge in [-0.05, 0) is 0 Å². The van der Waals surface area contributed by atoms with Crippen LogP contribution in [0, 0.1) is 39.3 Å². The fraction of sp³-hybridized carbons (Fsp3) is 0.222.